The molecule has 0 N–H and O–H groups in total. The Bertz CT molecular complexity index is 1570. The Labute approximate surface area is 256 Å². The molecule has 1 fully saturated rings. The molecule has 0 amide bonds. The van der Waals surface area contributed by atoms with Gasteiger partial charge in [0.2, 0.25) is 0 Å². The van der Waals surface area contributed by atoms with E-state index in [9.17, 15) is 9.59 Å². The summed E-state index contributed by atoms with van der Waals surface area (Å²) in [6.45, 7) is 7.61. The molecule has 3 nitrogen and oxygen atoms in total. The van der Waals surface area contributed by atoms with Crippen LogP contribution in [0.5, 0.6) is 5.75 Å². The van der Waals surface area contributed by atoms with Crippen molar-refractivity contribution in [1.82, 2.24) is 0 Å². The summed E-state index contributed by atoms with van der Waals surface area (Å²) in [6.07, 6.45) is 7.19. The first-order chi connectivity index (χ1) is 19.7. The first-order valence-electron chi connectivity index (χ1n) is 13.8. The molecule has 4 rings (SSSR count). The zero-order valence-corrected chi connectivity index (χ0v) is 25.9. The van der Waals surface area contributed by atoms with Gasteiger partial charge < -0.3 is 4.74 Å². The molecule has 4 atom stereocenters. The smallest absolute Gasteiger partial charge is 0.159 e. The second kappa shape index (κ2) is 12.2. The monoisotopic (exact) mass is 610 g/mol. The van der Waals surface area contributed by atoms with Crippen molar-refractivity contribution in [2.24, 2.45) is 17.3 Å². The number of carbonyl (C=O) groups excluding carboxylic acids is 2. The van der Waals surface area contributed by atoms with Gasteiger partial charge in [-0.15, -0.1) is 6.42 Å². The van der Waals surface area contributed by atoms with Crippen LogP contribution in [0.2, 0.25) is 10.0 Å². The highest BCUT2D eigenvalue weighted by Crippen LogP contribution is 2.61. The third-order valence-electron chi connectivity index (χ3n) is 8.34. The summed E-state index contributed by atoms with van der Waals surface area (Å²) >= 11 is 12.4. The number of carbonyl (C=O) groups is 2. The summed E-state index contributed by atoms with van der Waals surface area (Å²) in [7, 11) is 1.47. The van der Waals surface area contributed by atoms with Gasteiger partial charge in [-0.05, 0) is 60.9 Å². The summed E-state index contributed by atoms with van der Waals surface area (Å²) in [6, 6.07) is 13.9. The highest BCUT2D eigenvalue weighted by atomic mass is 35.5. The fraction of sp³-hybridized carbons (Fsp3) is 0.371. The topological polar surface area (TPSA) is 43.4 Å². The van der Waals surface area contributed by atoms with E-state index in [-0.39, 0.29) is 50.5 Å². The van der Waals surface area contributed by atoms with E-state index >= 15 is 8.78 Å². The molecule has 0 aliphatic heterocycles. The number of hydrogen-bond donors (Lipinski definition) is 0. The molecule has 1 saturated carbocycles. The lowest BCUT2D eigenvalue weighted by atomic mass is 9.61. The van der Waals surface area contributed by atoms with Crippen molar-refractivity contribution < 1.29 is 23.1 Å². The van der Waals surface area contributed by atoms with Crippen LogP contribution in [0.15, 0.2) is 54.6 Å². The molecule has 1 aliphatic rings. The number of Topliss-reactive ketones (excluding diaryl/α,β-unsaturated/α-hetero) is 2. The quantitative estimate of drug-likeness (QED) is 0.189. The minimum Gasteiger partial charge on any atom is -0.496 e. The molecule has 1 aliphatic carbocycles. The fourth-order valence-electron chi connectivity index (χ4n) is 6.65. The highest BCUT2D eigenvalue weighted by Gasteiger charge is 2.59. The van der Waals surface area contributed by atoms with Crippen LogP contribution in [0.1, 0.15) is 73.5 Å². The van der Waals surface area contributed by atoms with Crippen LogP contribution >= 0.6 is 23.2 Å². The molecule has 0 spiro atoms. The van der Waals surface area contributed by atoms with E-state index in [1.54, 1.807) is 42.5 Å². The average Bonchev–Trinajstić information content (AvgIpc) is 3.23. The van der Waals surface area contributed by atoms with Gasteiger partial charge in [-0.1, -0.05) is 80.2 Å². The molecule has 3 aromatic rings. The summed E-state index contributed by atoms with van der Waals surface area (Å²) in [5.41, 5.74) is -0.207. The first-order valence-corrected chi connectivity index (χ1v) is 14.6. The molecule has 0 aromatic heterocycles. The van der Waals surface area contributed by atoms with Gasteiger partial charge in [-0.3, -0.25) is 9.59 Å². The van der Waals surface area contributed by atoms with Crippen molar-refractivity contribution in [2.75, 3.05) is 7.11 Å². The van der Waals surface area contributed by atoms with Gasteiger partial charge in [-0.25, -0.2) is 8.78 Å². The number of benzene rings is 3. The summed E-state index contributed by atoms with van der Waals surface area (Å²) in [5, 5.41) is 0.0926. The predicted molar refractivity (Wildman–Crippen MR) is 163 cm³/mol. The molecule has 42 heavy (non-hydrogen) atoms. The Hall–Kier alpha value is -3.20. The number of ether oxygens (including phenoxy) is 1. The van der Waals surface area contributed by atoms with Gasteiger partial charge in [0.1, 0.15) is 23.2 Å². The summed E-state index contributed by atoms with van der Waals surface area (Å²) in [5.74, 6) is -0.380. The third-order valence-corrected chi connectivity index (χ3v) is 8.87. The summed E-state index contributed by atoms with van der Waals surface area (Å²) < 4.78 is 37.3. The lowest BCUT2D eigenvalue weighted by Gasteiger charge is -2.40. The van der Waals surface area contributed by atoms with E-state index in [0.717, 1.165) is 0 Å². The second-order valence-corrected chi connectivity index (χ2v) is 13.1. The van der Waals surface area contributed by atoms with Crippen LogP contribution in [0.3, 0.4) is 0 Å². The molecule has 7 heteroatoms. The van der Waals surface area contributed by atoms with Gasteiger partial charge in [0.05, 0.1) is 17.5 Å². The van der Waals surface area contributed by atoms with Crippen molar-refractivity contribution >= 4 is 34.8 Å². The minimum atomic E-state index is -1.38. The van der Waals surface area contributed by atoms with Crippen LogP contribution in [0, 0.1) is 41.2 Å². The van der Waals surface area contributed by atoms with Crippen LogP contribution in [0.4, 0.5) is 8.78 Å². The maximum Gasteiger partial charge on any atom is 0.159 e. The van der Waals surface area contributed by atoms with Crippen molar-refractivity contribution in [3.05, 3.63) is 98.5 Å². The van der Waals surface area contributed by atoms with E-state index in [4.69, 9.17) is 34.4 Å². The zero-order chi connectivity index (χ0) is 31.0. The molecule has 220 valence electrons. The third kappa shape index (κ3) is 5.98. The summed E-state index contributed by atoms with van der Waals surface area (Å²) in [4.78, 5) is 26.2. The van der Waals surface area contributed by atoms with E-state index in [1.807, 2.05) is 0 Å². The van der Waals surface area contributed by atoms with Crippen LogP contribution in [-0.4, -0.2) is 18.7 Å². The van der Waals surface area contributed by atoms with Crippen molar-refractivity contribution in [3.8, 4) is 18.1 Å². The van der Waals surface area contributed by atoms with E-state index in [2.05, 4.69) is 26.7 Å². The Morgan fingerprint density at radius 1 is 1.10 bits per heavy atom. The van der Waals surface area contributed by atoms with E-state index in [0.29, 0.717) is 29.7 Å². The number of halogens is 4. The molecular formula is C35H34Cl2F2O3. The minimum absolute atomic E-state index is 0.0449. The van der Waals surface area contributed by atoms with Crippen LogP contribution in [0.25, 0.3) is 0 Å². The standard InChI is InChI=1S/C35H34Cl2F2O3/c1-7-35(27-14-13-24(36)18-29(27)38)23(19-34(3,4)5)17-26(32(35)25-9-8-10-28(37)33(25)39)30(41)15-22-12-11-21(20(2)40)16-31(22)42-6/h1,8-14,16,18,23,26,32H,15,17,19H2,2-6H3/t23-,26-,32-,35+/m0/s1. The number of ketones is 2. The molecular weight excluding hydrogens is 577 g/mol. The van der Waals surface area contributed by atoms with Crippen LogP contribution in [-0.2, 0) is 16.6 Å². The first kappa shape index (κ1) is 31.7. The maximum atomic E-state index is 15.9. The maximum absolute atomic E-state index is 15.9. The van der Waals surface area contributed by atoms with Gasteiger partial charge >= 0.3 is 0 Å². The lowest BCUT2D eigenvalue weighted by Crippen LogP contribution is -2.39. The average molecular weight is 612 g/mol. The van der Waals surface area contributed by atoms with Crippen LogP contribution < -0.4 is 4.74 Å². The van der Waals surface area contributed by atoms with Gasteiger partial charge in [0.15, 0.2) is 5.78 Å². The molecule has 3 aromatic carbocycles. The number of terminal acetylenes is 1. The molecule has 0 radical (unpaired) electrons. The van der Waals surface area contributed by atoms with Crippen molar-refractivity contribution in [2.45, 2.75) is 58.3 Å². The van der Waals surface area contributed by atoms with Gasteiger partial charge in [-0.2, -0.15) is 0 Å². The zero-order valence-electron chi connectivity index (χ0n) is 24.4. The molecule has 0 unspecified atom stereocenters. The SMILES string of the molecule is C#C[C@]1(c2ccc(Cl)cc2F)[C@H](CC(C)(C)C)C[C@@H](C(=O)Cc2ccc(C(C)=O)cc2OC)[C@@H]1c1cccc(Cl)c1F. The Morgan fingerprint density at radius 3 is 2.40 bits per heavy atom. The Kier molecular flexibility index (Phi) is 9.21. The fourth-order valence-corrected chi connectivity index (χ4v) is 6.99. The van der Waals surface area contributed by atoms with Crippen molar-refractivity contribution in [3.63, 3.8) is 0 Å². The number of rotatable bonds is 8. The van der Waals surface area contributed by atoms with E-state index in [1.165, 1.54) is 26.2 Å². The largest absolute Gasteiger partial charge is 0.496 e. The Morgan fingerprint density at radius 2 is 1.81 bits per heavy atom. The van der Waals surface area contributed by atoms with E-state index < -0.39 is 28.9 Å². The molecule has 0 bridgehead atoms. The lowest BCUT2D eigenvalue weighted by molar-refractivity contribution is -0.122. The Balaban J connectivity index is 1.95. The number of hydrogen-bond acceptors (Lipinski definition) is 3. The van der Waals surface area contributed by atoms with Gasteiger partial charge in [0.25, 0.3) is 0 Å². The second-order valence-electron chi connectivity index (χ2n) is 12.3. The normalized spacial score (nSPS) is 22.0. The molecule has 0 heterocycles. The van der Waals surface area contributed by atoms with Gasteiger partial charge in [0, 0.05) is 40.0 Å². The highest BCUT2D eigenvalue weighted by molar-refractivity contribution is 6.31. The number of methoxy groups -OCH3 is 1. The molecule has 0 saturated heterocycles. The predicted octanol–water partition coefficient (Wildman–Crippen LogP) is 9.02. The van der Waals surface area contributed by atoms with Crippen molar-refractivity contribution in [1.29, 1.82) is 0 Å².